The number of benzene rings is 2. The van der Waals surface area contributed by atoms with Gasteiger partial charge in [0.2, 0.25) is 5.91 Å². The van der Waals surface area contributed by atoms with Crippen molar-refractivity contribution in [3.05, 3.63) is 53.6 Å². The van der Waals surface area contributed by atoms with Crippen molar-refractivity contribution in [1.29, 1.82) is 0 Å². The molecule has 0 radical (unpaired) electrons. The van der Waals surface area contributed by atoms with Crippen LogP contribution >= 0.6 is 0 Å². The molecule has 0 aliphatic rings. The molecule has 0 aromatic heterocycles. The zero-order valence-electron chi connectivity index (χ0n) is 16.1. The third-order valence-corrected chi connectivity index (χ3v) is 5.41. The first kappa shape index (κ1) is 21.7. The van der Waals surface area contributed by atoms with Crippen LogP contribution in [-0.2, 0) is 21.1 Å². The number of hydrogen-bond acceptors (Lipinski definition) is 6. The van der Waals surface area contributed by atoms with Gasteiger partial charge in [0.05, 0.1) is 25.2 Å². The predicted octanol–water partition coefficient (Wildman–Crippen LogP) is 1.89. The van der Waals surface area contributed by atoms with Crippen molar-refractivity contribution in [2.75, 3.05) is 27.0 Å². The van der Waals surface area contributed by atoms with E-state index in [4.69, 9.17) is 9.47 Å². The Bertz CT molecular complexity index is 909. The van der Waals surface area contributed by atoms with Gasteiger partial charge in [0.15, 0.2) is 21.3 Å². The Morgan fingerprint density at radius 1 is 1.07 bits per heavy atom. The van der Waals surface area contributed by atoms with Crippen molar-refractivity contribution >= 4 is 15.7 Å². The number of rotatable bonds is 9. The lowest BCUT2D eigenvalue weighted by Gasteiger charge is -2.15. The fourth-order valence-electron chi connectivity index (χ4n) is 2.64. The van der Waals surface area contributed by atoms with E-state index in [0.29, 0.717) is 23.5 Å². The molecule has 1 amide bonds. The van der Waals surface area contributed by atoms with Crippen LogP contribution in [0.1, 0.15) is 23.7 Å². The summed E-state index contributed by atoms with van der Waals surface area (Å²) in [6.07, 6.45) is 0.982. The highest BCUT2D eigenvalue weighted by atomic mass is 32.2. The lowest BCUT2D eigenvalue weighted by molar-refractivity contribution is -0.121. The van der Waals surface area contributed by atoms with Crippen molar-refractivity contribution < 1.29 is 27.8 Å². The minimum atomic E-state index is -3.23. The molecule has 1 atom stereocenters. The topological polar surface area (TPSA) is 102 Å². The summed E-state index contributed by atoms with van der Waals surface area (Å²) in [7, 11) is -0.186. The van der Waals surface area contributed by atoms with E-state index in [1.54, 1.807) is 30.3 Å². The van der Waals surface area contributed by atoms with E-state index in [0.717, 1.165) is 11.8 Å². The highest BCUT2D eigenvalue weighted by Gasteiger charge is 2.13. The first-order valence-corrected chi connectivity index (χ1v) is 10.6. The summed E-state index contributed by atoms with van der Waals surface area (Å²) >= 11 is 0. The monoisotopic (exact) mass is 407 g/mol. The molecular weight excluding hydrogens is 382 g/mol. The molecule has 2 aromatic rings. The highest BCUT2D eigenvalue weighted by Crippen LogP contribution is 2.29. The van der Waals surface area contributed by atoms with Crippen LogP contribution in [-0.4, -0.2) is 46.5 Å². The summed E-state index contributed by atoms with van der Waals surface area (Å²) in [4.78, 5) is 12.3. The Hall–Kier alpha value is -2.58. The molecule has 0 fully saturated rings. The van der Waals surface area contributed by atoms with Crippen molar-refractivity contribution in [2.24, 2.45) is 0 Å². The largest absolute Gasteiger partial charge is 0.493 e. The molecule has 0 bridgehead atoms. The van der Waals surface area contributed by atoms with Crippen LogP contribution in [0.4, 0.5) is 0 Å². The van der Waals surface area contributed by atoms with Crippen LogP contribution in [0.5, 0.6) is 11.5 Å². The van der Waals surface area contributed by atoms with E-state index in [9.17, 15) is 18.3 Å². The van der Waals surface area contributed by atoms with Gasteiger partial charge in [-0.3, -0.25) is 4.79 Å². The van der Waals surface area contributed by atoms with Gasteiger partial charge in [-0.2, -0.15) is 0 Å². The number of aliphatic hydroxyl groups excluding tert-OH is 1. The van der Waals surface area contributed by atoms with E-state index in [-0.39, 0.29) is 23.8 Å². The van der Waals surface area contributed by atoms with Gasteiger partial charge in [-0.25, -0.2) is 8.42 Å². The van der Waals surface area contributed by atoms with Crippen LogP contribution in [0.15, 0.2) is 47.4 Å². The van der Waals surface area contributed by atoms with E-state index >= 15 is 0 Å². The van der Waals surface area contributed by atoms with Crippen molar-refractivity contribution in [1.82, 2.24) is 5.32 Å². The molecule has 8 heteroatoms. The van der Waals surface area contributed by atoms with E-state index in [1.807, 2.05) is 0 Å². The van der Waals surface area contributed by atoms with Crippen LogP contribution in [0.2, 0.25) is 0 Å². The minimum absolute atomic E-state index is 0.0708. The molecule has 0 spiro atoms. The molecule has 0 aliphatic carbocycles. The Kier molecular flexibility index (Phi) is 7.42. The van der Waals surface area contributed by atoms with Crippen LogP contribution in [0.3, 0.4) is 0 Å². The Morgan fingerprint density at radius 3 is 2.29 bits per heavy atom. The molecular formula is C20H25NO6S. The van der Waals surface area contributed by atoms with Gasteiger partial charge in [-0.1, -0.05) is 18.2 Å². The molecule has 0 saturated carbocycles. The van der Waals surface area contributed by atoms with Crippen LogP contribution in [0.25, 0.3) is 0 Å². The van der Waals surface area contributed by atoms with Crippen LogP contribution in [0, 0.1) is 0 Å². The molecule has 2 N–H and O–H groups in total. The van der Waals surface area contributed by atoms with Crippen LogP contribution < -0.4 is 14.8 Å². The van der Waals surface area contributed by atoms with Gasteiger partial charge < -0.3 is 19.9 Å². The zero-order chi connectivity index (χ0) is 20.7. The number of methoxy groups -OCH3 is 2. The van der Waals surface area contributed by atoms with E-state index < -0.39 is 15.9 Å². The van der Waals surface area contributed by atoms with Gasteiger partial charge in [0, 0.05) is 19.2 Å². The number of amides is 1. The molecule has 7 nitrogen and oxygen atoms in total. The molecule has 0 saturated heterocycles. The first-order valence-electron chi connectivity index (χ1n) is 8.70. The maximum atomic E-state index is 12.0. The lowest BCUT2D eigenvalue weighted by atomic mass is 10.1. The molecule has 0 aliphatic heterocycles. The number of sulfone groups is 1. The number of carbonyl (C=O) groups excluding carboxylic acids is 1. The maximum Gasteiger partial charge on any atom is 0.220 e. The first-order chi connectivity index (χ1) is 13.2. The SMILES string of the molecule is COc1ccc(C(O)CNC(=O)CCc2ccc(S(C)(=O)=O)cc2)cc1OC. The molecule has 0 heterocycles. The smallest absolute Gasteiger partial charge is 0.220 e. The van der Waals surface area contributed by atoms with Gasteiger partial charge in [-0.05, 0) is 41.8 Å². The number of aryl methyl sites for hydroxylation is 1. The third-order valence-electron chi connectivity index (χ3n) is 4.28. The number of carbonyl (C=O) groups is 1. The predicted molar refractivity (Wildman–Crippen MR) is 105 cm³/mol. The Balaban J connectivity index is 1.85. The summed E-state index contributed by atoms with van der Waals surface area (Å²) in [5.74, 6) is 0.860. The number of hydrogen-bond donors (Lipinski definition) is 2. The standard InChI is InChI=1S/C20H25NO6S/c1-26-18-10-7-15(12-19(18)27-2)17(22)13-21-20(23)11-6-14-4-8-16(9-5-14)28(3,24)25/h4-5,7-10,12,17,22H,6,11,13H2,1-3H3,(H,21,23). The van der Waals surface area contributed by atoms with Gasteiger partial charge in [-0.15, -0.1) is 0 Å². The van der Waals surface area contributed by atoms with Gasteiger partial charge in [0.25, 0.3) is 0 Å². The van der Waals surface area contributed by atoms with Crippen molar-refractivity contribution in [2.45, 2.75) is 23.8 Å². The molecule has 152 valence electrons. The normalized spacial score (nSPS) is 12.3. The molecule has 2 aromatic carbocycles. The second-order valence-corrected chi connectivity index (χ2v) is 8.37. The fraction of sp³-hybridized carbons (Fsp3) is 0.350. The summed E-state index contributed by atoms with van der Waals surface area (Å²) < 4.78 is 33.3. The number of aliphatic hydroxyl groups is 1. The summed E-state index contributed by atoms with van der Waals surface area (Å²) in [5, 5.41) is 13.0. The summed E-state index contributed by atoms with van der Waals surface area (Å²) in [6.45, 7) is 0.0708. The summed E-state index contributed by atoms with van der Waals surface area (Å²) in [5.41, 5.74) is 1.47. The Morgan fingerprint density at radius 2 is 1.71 bits per heavy atom. The Labute approximate surface area is 165 Å². The highest BCUT2D eigenvalue weighted by molar-refractivity contribution is 7.90. The van der Waals surface area contributed by atoms with Gasteiger partial charge in [0.1, 0.15) is 0 Å². The summed E-state index contributed by atoms with van der Waals surface area (Å²) in [6, 6.07) is 11.5. The number of nitrogens with one attached hydrogen (secondary N) is 1. The second kappa shape index (κ2) is 9.57. The average Bonchev–Trinajstić information content (AvgIpc) is 2.69. The fourth-order valence-corrected chi connectivity index (χ4v) is 3.27. The quantitative estimate of drug-likeness (QED) is 0.658. The molecule has 1 unspecified atom stereocenters. The average molecular weight is 407 g/mol. The minimum Gasteiger partial charge on any atom is -0.493 e. The number of ether oxygens (including phenoxy) is 2. The van der Waals surface area contributed by atoms with E-state index in [2.05, 4.69) is 5.32 Å². The van der Waals surface area contributed by atoms with Crippen molar-refractivity contribution in [3.8, 4) is 11.5 Å². The lowest BCUT2D eigenvalue weighted by Crippen LogP contribution is -2.28. The van der Waals surface area contributed by atoms with Crippen molar-refractivity contribution in [3.63, 3.8) is 0 Å². The van der Waals surface area contributed by atoms with E-state index in [1.165, 1.54) is 26.4 Å². The van der Waals surface area contributed by atoms with Gasteiger partial charge >= 0.3 is 0 Å². The zero-order valence-corrected chi connectivity index (χ0v) is 17.0. The molecule has 2 rings (SSSR count). The third kappa shape index (κ3) is 5.97. The molecule has 28 heavy (non-hydrogen) atoms. The maximum absolute atomic E-state index is 12.0. The second-order valence-electron chi connectivity index (χ2n) is 6.35.